The summed E-state index contributed by atoms with van der Waals surface area (Å²) in [5.74, 6) is 1.83. The van der Waals surface area contributed by atoms with Crippen LogP contribution in [0.5, 0.6) is 0 Å². The topological polar surface area (TPSA) is 115 Å². The summed E-state index contributed by atoms with van der Waals surface area (Å²) in [5.41, 5.74) is -0.175. The van der Waals surface area contributed by atoms with E-state index < -0.39 is 16.2 Å². The van der Waals surface area contributed by atoms with Crippen LogP contribution in [0.3, 0.4) is 0 Å². The molecule has 0 spiro atoms. The van der Waals surface area contributed by atoms with E-state index in [0.29, 0.717) is 36.0 Å². The van der Waals surface area contributed by atoms with Crippen molar-refractivity contribution in [3.8, 4) is 0 Å². The summed E-state index contributed by atoms with van der Waals surface area (Å²) >= 11 is 0. The Labute approximate surface area is 206 Å². The molecule has 4 N–H and O–H groups in total. The molecule has 4 rings (SSSR count). The van der Waals surface area contributed by atoms with E-state index in [0.717, 1.165) is 57.8 Å². The number of aliphatic hydroxyl groups excluding tert-OH is 3. The Hall–Kier alpha value is -0.210. The zero-order valence-electron chi connectivity index (χ0n) is 21.6. The molecule has 0 radical (unpaired) electrons. The van der Waals surface area contributed by atoms with Crippen molar-refractivity contribution in [2.45, 2.75) is 110 Å². The molecule has 4 saturated carbocycles. The molecular weight excluding hydrogens is 452 g/mol. The maximum Gasteiger partial charge on any atom is 0.264 e. The van der Waals surface area contributed by atoms with Crippen molar-refractivity contribution in [3.63, 3.8) is 0 Å². The van der Waals surface area contributed by atoms with Gasteiger partial charge in [-0.2, -0.15) is 8.42 Å². The van der Waals surface area contributed by atoms with Gasteiger partial charge < -0.3 is 15.3 Å². The smallest absolute Gasteiger partial charge is 0.264 e. The second-order valence-electron chi connectivity index (χ2n) is 13.0. The van der Waals surface area contributed by atoms with Gasteiger partial charge >= 0.3 is 0 Å². The monoisotopic (exact) mass is 500 g/mol. The molecule has 0 saturated heterocycles. The second kappa shape index (κ2) is 9.59. The highest BCUT2D eigenvalue weighted by atomic mass is 32.2. The number of unbranched alkanes of at least 4 members (excludes halogenated alkanes) is 1. The van der Waals surface area contributed by atoms with Gasteiger partial charge in [0.1, 0.15) is 0 Å². The lowest BCUT2D eigenvalue weighted by Gasteiger charge is -2.65. The van der Waals surface area contributed by atoms with Gasteiger partial charge in [-0.3, -0.25) is 4.55 Å². The fourth-order valence-corrected chi connectivity index (χ4v) is 10.4. The summed E-state index contributed by atoms with van der Waals surface area (Å²) in [6, 6.07) is 0. The Morgan fingerprint density at radius 2 is 1.68 bits per heavy atom. The maximum atomic E-state index is 11.8. The average molecular weight is 501 g/mol. The molecule has 198 valence electrons. The largest absolute Gasteiger partial charge is 0.393 e. The SMILES string of the molecule is CC[C@H]1C(O)C2C3CC[C@H]([C@H](C)CCCCS(=O)(=O)O)[C@@]3(C)[C@@H](O)CC2[C@@]2(C)CC[C@@H](O)C[C@@H]12. The zero-order valence-corrected chi connectivity index (χ0v) is 22.4. The lowest BCUT2D eigenvalue weighted by molar-refractivity contribution is -0.228. The van der Waals surface area contributed by atoms with Gasteiger partial charge in [-0.25, -0.2) is 0 Å². The number of hydrogen-bond donors (Lipinski definition) is 4. The number of rotatable bonds is 7. The first-order valence-corrected chi connectivity index (χ1v) is 15.4. The summed E-state index contributed by atoms with van der Waals surface area (Å²) in [7, 11) is -3.91. The van der Waals surface area contributed by atoms with Gasteiger partial charge in [0.25, 0.3) is 10.1 Å². The Bertz CT molecular complexity index is 831. The lowest BCUT2D eigenvalue weighted by Crippen LogP contribution is -2.65. The van der Waals surface area contributed by atoms with E-state index in [1.807, 2.05) is 0 Å². The van der Waals surface area contributed by atoms with Crippen LogP contribution in [-0.2, 0) is 10.1 Å². The third-order valence-electron chi connectivity index (χ3n) is 11.6. The molecule has 6 nitrogen and oxygen atoms in total. The van der Waals surface area contributed by atoms with E-state index in [1.54, 1.807) is 0 Å². The quantitative estimate of drug-likeness (QED) is 0.306. The number of hydrogen-bond acceptors (Lipinski definition) is 5. The van der Waals surface area contributed by atoms with Crippen molar-refractivity contribution in [2.24, 2.45) is 52.3 Å². The summed E-state index contributed by atoms with van der Waals surface area (Å²) in [5, 5.41) is 33.9. The van der Waals surface area contributed by atoms with Gasteiger partial charge in [-0.15, -0.1) is 0 Å². The Balaban J connectivity index is 1.56. The van der Waals surface area contributed by atoms with Gasteiger partial charge in [-0.05, 0) is 97.2 Å². The van der Waals surface area contributed by atoms with Crippen LogP contribution in [0.1, 0.15) is 91.9 Å². The van der Waals surface area contributed by atoms with Gasteiger partial charge in [-0.1, -0.05) is 47.0 Å². The molecule has 12 atom stereocenters. The van der Waals surface area contributed by atoms with Crippen LogP contribution in [0, 0.1) is 52.3 Å². The van der Waals surface area contributed by atoms with E-state index in [1.165, 1.54) is 0 Å². The molecule has 7 heteroatoms. The summed E-state index contributed by atoms with van der Waals surface area (Å²) in [6.45, 7) is 9.06. The van der Waals surface area contributed by atoms with Crippen LogP contribution >= 0.6 is 0 Å². The Kier molecular flexibility index (Phi) is 7.57. The third kappa shape index (κ3) is 4.40. The molecule has 4 aliphatic carbocycles. The van der Waals surface area contributed by atoms with Crippen LogP contribution in [0.15, 0.2) is 0 Å². The van der Waals surface area contributed by atoms with Crippen LogP contribution in [0.2, 0.25) is 0 Å². The predicted molar refractivity (Wildman–Crippen MR) is 133 cm³/mol. The molecule has 4 unspecified atom stereocenters. The lowest BCUT2D eigenvalue weighted by atomic mass is 9.41. The molecular formula is C27H48O6S. The summed E-state index contributed by atoms with van der Waals surface area (Å²) < 4.78 is 31.1. The number of fused-ring (bicyclic) bond motifs is 5. The van der Waals surface area contributed by atoms with Crippen molar-refractivity contribution >= 4 is 10.1 Å². The highest BCUT2D eigenvalue weighted by molar-refractivity contribution is 7.85. The first-order valence-electron chi connectivity index (χ1n) is 13.8. The van der Waals surface area contributed by atoms with Gasteiger partial charge in [0.15, 0.2) is 0 Å². The molecule has 0 amide bonds. The second-order valence-corrected chi connectivity index (χ2v) is 14.5. The van der Waals surface area contributed by atoms with Crippen molar-refractivity contribution in [3.05, 3.63) is 0 Å². The average Bonchev–Trinajstić information content (AvgIpc) is 3.11. The highest BCUT2D eigenvalue weighted by Gasteiger charge is 2.67. The van der Waals surface area contributed by atoms with Crippen LogP contribution in [0.25, 0.3) is 0 Å². The van der Waals surface area contributed by atoms with E-state index >= 15 is 0 Å². The third-order valence-corrected chi connectivity index (χ3v) is 12.4. The first kappa shape index (κ1) is 26.8. The van der Waals surface area contributed by atoms with Crippen molar-refractivity contribution < 1.29 is 28.3 Å². The minimum Gasteiger partial charge on any atom is -0.393 e. The fraction of sp³-hybridized carbons (Fsp3) is 1.00. The standard InChI is InChI=1S/C27H48O6S/c1-5-18-21-14-17(28)11-12-26(21,3)22-15-23(29)27(4)19(9-10-20(27)24(22)25(18)30)16(2)8-6-7-13-34(31,32)33/h16-25,28-30H,5-15H2,1-4H3,(H,31,32,33)/t16-,17-,18-,19-,20?,21+,22?,23+,24?,25?,26+,27-/m1/s1. The molecule has 0 aromatic rings. The molecule has 0 bridgehead atoms. The van der Waals surface area contributed by atoms with Crippen molar-refractivity contribution in [1.82, 2.24) is 0 Å². The van der Waals surface area contributed by atoms with Gasteiger partial charge in [0, 0.05) is 0 Å². The van der Waals surface area contributed by atoms with Crippen LogP contribution in [0.4, 0.5) is 0 Å². The molecule has 0 aromatic carbocycles. The van der Waals surface area contributed by atoms with Crippen molar-refractivity contribution in [2.75, 3.05) is 5.75 Å². The van der Waals surface area contributed by atoms with E-state index in [9.17, 15) is 23.7 Å². The van der Waals surface area contributed by atoms with E-state index in [2.05, 4.69) is 27.7 Å². The maximum absolute atomic E-state index is 11.8. The summed E-state index contributed by atoms with van der Waals surface area (Å²) in [6.07, 6.45) is 7.38. The molecule has 0 aliphatic heterocycles. The molecule has 4 fully saturated rings. The number of aliphatic hydroxyl groups is 3. The van der Waals surface area contributed by atoms with E-state index in [-0.39, 0.29) is 40.6 Å². The first-order chi connectivity index (χ1) is 15.8. The molecule has 4 aliphatic rings. The zero-order chi connectivity index (χ0) is 25.1. The minimum atomic E-state index is -3.91. The Morgan fingerprint density at radius 3 is 2.32 bits per heavy atom. The molecule has 34 heavy (non-hydrogen) atoms. The van der Waals surface area contributed by atoms with Crippen molar-refractivity contribution in [1.29, 1.82) is 0 Å². The highest BCUT2D eigenvalue weighted by Crippen LogP contribution is 2.69. The molecule has 0 aromatic heterocycles. The predicted octanol–water partition coefficient (Wildman–Crippen LogP) is 4.28. The fourth-order valence-electron chi connectivity index (χ4n) is 9.84. The van der Waals surface area contributed by atoms with Crippen LogP contribution < -0.4 is 0 Å². The van der Waals surface area contributed by atoms with E-state index in [4.69, 9.17) is 4.55 Å². The van der Waals surface area contributed by atoms with Crippen LogP contribution in [-0.4, -0.2) is 52.4 Å². The molecule has 0 heterocycles. The van der Waals surface area contributed by atoms with Gasteiger partial charge in [0.05, 0.1) is 24.1 Å². The van der Waals surface area contributed by atoms with Gasteiger partial charge in [0.2, 0.25) is 0 Å². The minimum absolute atomic E-state index is 0.0611. The Morgan fingerprint density at radius 1 is 0.971 bits per heavy atom. The normalized spacial score (nSPS) is 49.7. The summed E-state index contributed by atoms with van der Waals surface area (Å²) in [4.78, 5) is 0.